The van der Waals surface area contributed by atoms with Crippen LogP contribution in [0.4, 0.5) is 5.82 Å². The Labute approximate surface area is 426 Å². The minimum absolute atomic E-state index is 0.0200. The van der Waals surface area contributed by atoms with Crippen molar-refractivity contribution < 1.29 is 42.0 Å². The Morgan fingerprint density at radius 3 is 1.89 bits per heavy atom. The molecule has 0 aliphatic carbocycles. The van der Waals surface area contributed by atoms with Crippen LogP contribution < -0.4 is 31.7 Å². The molecule has 2 aromatic heterocycles. The predicted octanol–water partition coefficient (Wildman–Crippen LogP) is 8.69. The van der Waals surface area contributed by atoms with Gasteiger partial charge in [0, 0.05) is 43.0 Å². The molecule has 2 aliphatic rings. The average Bonchev–Trinajstić information content (AvgIpc) is 3.97. The molecule has 7 atom stereocenters. The van der Waals surface area contributed by atoms with E-state index in [2.05, 4.69) is 49.1 Å². The van der Waals surface area contributed by atoms with E-state index >= 15 is 0 Å². The van der Waals surface area contributed by atoms with E-state index in [0.29, 0.717) is 29.0 Å². The van der Waals surface area contributed by atoms with E-state index in [4.69, 9.17) is 37.2 Å². The van der Waals surface area contributed by atoms with E-state index in [9.17, 15) is 19.2 Å². The largest absolute Gasteiger partial charge is 0.497 e. The van der Waals surface area contributed by atoms with Crippen LogP contribution >= 0.6 is 8.38 Å². The Hall–Kier alpha value is -6.08. The maximum atomic E-state index is 13.8. The van der Waals surface area contributed by atoms with Gasteiger partial charge in [-0.1, -0.05) is 93.6 Å². The van der Waals surface area contributed by atoms with Crippen molar-refractivity contribution >= 4 is 28.4 Å². The highest BCUT2D eigenvalue weighted by Crippen LogP contribution is 2.47. The highest BCUT2D eigenvalue weighted by Gasteiger charge is 2.47. The van der Waals surface area contributed by atoms with E-state index in [-0.39, 0.29) is 30.5 Å². The topological polar surface area (TPSA) is 193 Å². The van der Waals surface area contributed by atoms with Gasteiger partial charge in [0.2, 0.25) is 0 Å². The third-order valence-electron chi connectivity index (χ3n) is 13.8. The highest BCUT2D eigenvalue weighted by atomic mass is 31.2. The summed E-state index contributed by atoms with van der Waals surface area (Å²) >= 11 is 0. The molecule has 0 spiro atoms. The molecule has 2 fully saturated rings. The molecule has 8 rings (SSSR count). The van der Waals surface area contributed by atoms with Crippen LogP contribution in [0.3, 0.4) is 0 Å². The van der Waals surface area contributed by atoms with Crippen molar-refractivity contribution in [2.24, 2.45) is 0 Å². The molecule has 73 heavy (non-hydrogen) atoms. The van der Waals surface area contributed by atoms with E-state index in [1.807, 2.05) is 91.6 Å². The molecule has 1 unspecified atom stereocenters. The number of hydrogen-bond donors (Lipinski definition) is 2. The number of aryl methyl sites for hydroxylation is 1. The van der Waals surface area contributed by atoms with Crippen LogP contribution in [0.5, 0.6) is 11.5 Å². The van der Waals surface area contributed by atoms with Gasteiger partial charge in [-0.3, -0.25) is 23.7 Å². The van der Waals surface area contributed by atoms with E-state index < -0.39 is 82.0 Å². The second kappa shape index (κ2) is 22.6. The summed E-state index contributed by atoms with van der Waals surface area (Å²) in [4.78, 5) is 58.8. The van der Waals surface area contributed by atoms with Crippen LogP contribution in [0.1, 0.15) is 78.7 Å². The van der Waals surface area contributed by atoms with Gasteiger partial charge in [-0.15, -0.1) is 0 Å². The van der Waals surface area contributed by atoms with Gasteiger partial charge in [0.1, 0.15) is 47.6 Å². The predicted molar refractivity (Wildman–Crippen MR) is 280 cm³/mol. The first-order valence-corrected chi connectivity index (χ1v) is 28.7. The second-order valence-corrected chi connectivity index (χ2v) is 25.7. The van der Waals surface area contributed by atoms with Crippen molar-refractivity contribution in [1.29, 1.82) is 0 Å². The smallest absolute Gasteiger partial charge is 0.351 e. The molecule has 4 heterocycles. The number of anilines is 1. The van der Waals surface area contributed by atoms with Crippen LogP contribution in [0, 0.1) is 6.92 Å². The molecule has 2 aliphatic heterocycles. The van der Waals surface area contributed by atoms with Gasteiger partial charge in [-0.25, -0.2) is 9.59 Å². The number of aromatic nitrogens is 4. The zero-order chi connectivity index (χ0) is 52.1. The molecule has 1 amide bonds. The van der Waals surface area contributed by atoms with Gasteiger partial charge in [0.05, 0.1) is 39.6 Å². The summed E-state index contributed by atoms with van der Waals surface area (Å²) in [6.45, 7) is 14.3. The van der Waals surface area contributed by atoms with Gasteiger partial charge in [-0.2, -0.15) is 4.98 Å². The van der Waals surface area contributed by atoms with Gasteiger partial charge in [-0.05, 0) is 84.2 Å². The fourth-order valence-corrected chi connectivity index (χ4v) is 11.2. The van der Waals surface area contributed by atoms with E-state index in [0.717, 1.165) is 16.7 Å². The monoisotopic (exact) mass is 1030 g/mol. The lowest BCUT2D eigenvalue weighted by Gasteiger charge is -2.39. The number of ether oxygens (including phenoxy) is 5. The number of nitrogens with one attached hydrogen (secondary N) is 2. The lowest BCUT2D eigenvalue weighted by molar-refractivity contribution is -0.0921. The summed E-state index contributed by atoms with van der Waals surface area (Å²) < 4.78 is 54.8. The number of amides is 1. The fraction of sp³-hybridized carbons (Fsp3) is 0.389. The Morgan fingerprint density at radius 1 is 0.767 bits per heavy atom. The molecule has 6 aromatic rings. The minimum atomic E-state index is -2.35. The number of carbonyl (C=O) groups is 1. The first-order valence-electron chi connectivity index (χ1n) is 24.2. The van der Waals surface area contributed by atoms with Crippen LogP contribution in [0.25, 0.3) is 0 Å². The molecular formula is C54H64N5O12PSi. The average molecular weight is 1030 g/mol. The number of carbonyl (C=O) groups excluding carboxylic acids is 1. The van der Waals surface area contributed by atoms with Crippen LogP contribution in [-0.4, -0.2) is 91.8 Å². The summed E-state index contributed by atoms with van der Waals surface area (Å²) in [6.07, 6.45) is -0.419. The standard InChI is InChI=1S/C54H64N5O12PSi/c1-35-32-59(52(63)57-49(35)60)48-31-43(71-73(8,9)53(2,3)4)45(69-48)34-67-72(7)70-42-30-47(58-29-28-46(56-51(58)62)55-50(61)36-16-12-10-13-17-36)68-44(42)33-66-54(37-18-14-11-15-19-37,38-20-24-40(64-5)25-21-38)39-22-26-41(65-6)27-23-39/h10-29,32,42-45,47-48H,30-31,33-34H2,1-9H3,(H,57,60,63)(H,55,56,61,62)/t42-,43-,44+,45+,47+,48+,72?/m0/s1. The Morgan fingerprint density at radius 2 is 1.32 bits per heavy atom. The number of H-pyrrole nitrogens is 1. The van der Waals surface area contributed by atoms with Crippen molar-refractivity contribution in [1.82, 2.24) is 19.1 Å². The third-order valence-corrected chi connectivity index (χ3v) is 19.4. The first-order chi connectivity index (χ1) is 34.9. The molecule has 386 valence electrons. The normalized spacial score (nSPS) is 20.7. The van der Waals surface area contributed by atoms with Gasteiger partial charge >= 0.3 is 11.4 Å². The summed E-state index contributed by atoms with van der Waals surface area (Å²) in [6, 6.07) is 35.5. The lowest BCUT2D eigenvalue weighted by Crippen LogP contribution is -2.46. The van der Waals surface area contributed by atoms with E-state index in [1.165, 1.54) is 15.3 Å². The number of nitrogens with zero attached hydrogens (tertiary/aromatic N) is 3. The van der Waals surface area contributed by atoms with Crippen molar-refractivity contribution in [3.63, 3.8) is 0 Å². The number of rotatable bonds is 19. The van der Waals surface area contributed by atoms with Gasteiger partial charge < -0.3 is 42.5 Å². The fourth-order valence-electron chi connectivity index (χ4n) is 8.79. The molecule has 2 saturated heterocycles. The molecule has 19 heteroatoms. The van der Waals surface area contributed by atoms with Crippen molar-refractivity contribution in [3.8, 4) is 11.5 Å². The molecule has 0 bridgehead atoms. The summed E-state index contributed by atoms with van der Waals surface area (Å²) in [5.41, 5.74) is 0.402. The van der Waals surface area contributed by atoms with Gasteiger partial charge in [0.25, 0.3) is 11.5 Å². The molecule has 17 nitrogen and oxygen atoms in total. The zero-order valence-electron chi connectivity index (χ0n) is 42.6. The maximum absolute atomic E-state index is 13.8. The Kier molecular flexibility index (Phi) is 16.5. The maximum Gasteiger partial charge on any atom is 0.351 e. The molecule has 2 N–H and O–H groups in total. The van der Waals surface area contributed by atoms with E-state index in [1.54, 1.807) is 57.7 Å². The number of hydrogen-bond acceptors (Lipinski definition) is 13. The van der Waals surface area contributed by atoms with Crippen LogP contribution in [0.15, 0.2) is 142 Å². The van der Waals surface area contributed by atoms with Crippen molar-refractivity contribution in [2.45, 2.75) is 101 Å². The highest BCUT2D eigenvalue weighted by molar-refractivity contribution is 7.46. The Balaban J connectivity index is 1.09. The van der Waals surface area contributed by atoms with Crippen molar-refractivity contribution in [3.05, 3.63) is 187 Å². The quantitative estimate of drug-likeness (QED) is 0.0445. The molecule has 4 aromatic carbocycles. The molecule has 0 saturated carbocycles. The summed E-state index contributed by atoms with van der Waals surface area (Å²) in [5.74, 6) is 1.03. The minimum Gasteiger partial charge on any atom is -0.497 e. The third kappa shape index (κ3) is 12.0. The van der Waals surface area contributed by atoms with Gasteiger partial charge in [0.15, 0.2) is 16.7 Å². The first kappa shape index (κ1) is 53.2. The number of benzene rings is 4. The number of methoxy groups -OCH3 is 2. The summed E-state index contributed by atoms with van der Waals surface area (Å²) in [5, 5.41) is 2.59. The second-order valence-electron chi connectivity index (χ2n) is 19.6. The Bertz CT molecular complexity index is 2960. The molecule has 0 radical (unpaired) electrons. The molecular weight excluding hydrogens is 970 g/mol. The van der Waals surface area contributed by atoms with Crippen LogP contribution in [0.2, 0.25) is 18.1 Å². The SMILES string of the molecule is COc1ccc(C(OC[C@H]2O[C@@H](n3ccc(NC(=O)c4ccccc4)nc3=O)C[C@@H]2OP(C)OC[C@H]2O[C@@H](n3cc(C)c(=O)[nH]c3=O)C[C@@H]2O[Si](C)(C)C(C)(C)C)(c2ccccc2)c2ccc(OC)cc2)cc1. The zero-order valence-corrected chi connectivity index (χ0v) is 44.5. The van der Waals surface area contributed by atoms with Crippen molar-refractivity contribution in [2.75, 3.05) is 39.4 Å². The lowest BCUT2D eigenvalue weighted by atomic mass is 9.80. The summed E-state index contributed by atoms with van der Waals surface area (Å²) in [7, 11) is -0.783. The van der Waals surface area contributed by atoms with Crippen LogP contribution in [-0.2, 0) is 33.3 Å². The number of aromatic amines is 1.